The predicted molar refractivity (Wildman–Crippen MR) is 101 cm³/mol. The maximum Gasteiger partial charge on any atom is 0.274 e. The number of aromatic nitrogens is 1. The molecule has 0 aliphatic carbocycles. The van der Waals surface area contributed by atoms with Gasteiger partial charge in [-0.1, -0.05) is 29.0 Å². The summed E-state index contributed by atoms with van der Waals surface area (Å²) in [5, 5.41) is 0.538. The van der Waals surface area contributed by atoms with Crippen molar-refractivity contribution in [1.29, 1.82) is 0 Å². The molecule has 4 nitrogen and oxygen atoms in total. The fourth-order valence-electron chi connectivity index (χ4n) is 3.10. The number of benzene rings is 2. The standard InChI is InChI=1S/C19H15ClF2N2O2S/c20-14-10-11(21)4-5-13(14)18(25)24-8-6-12(7-9-24)26-19-23-17-15(22)2-1-3-16(17)27-19/h1-5,10,12H,6-9H2. The largest absolute Gasteiger partial charge is 0.467 e. The third-order valence-corrected chi connectivity index (χ3v) is 5.73. The summed E-state index contributed by atoms with van der Waals surface area (Å²) in [7, 11) is 0. The zero-order valence-corrected chi connectivity index (χ0v) is 15.7. The fourth-order valence-corrected chi connectivity index (χ4v) is 4.24. The Kier molecular flexibility index (Phi) is 4.97. The van der Waals surface area contributed by atoms with Gasteiger partial charge in [-0.2, -0.15) is 4.98 Å². The number of rotatable bonds is 3. The molecule has 1 aromatic heterocycles. The Morgan fingerprint density at radius 2 is 2.00 bits per heavy atom. The first kappa shape index (κ1) is 18.1. The van der Waals surface area contributed by atoms with Crippen LogP contribution >= 0.6 is 22.9 Å². The Labute approximate surface area is 163 Å². The second kappa shape index (κ2) is 7.40. The van der Waals surface area contributed by atoms with E-state index in [1.54, 1.807) is 17.0 Å². The number of carbonyl (C=O) groups excluding carboxylic acids is 1. The molecule has 2 heterocycles. The lowest BCUT2D eigenvalue weighted by atomic mass is 10.1. The van der Waals surface area contributed by atoms with Gasteiger partial charge in [-0.15, -0.1) is 0 Å². The molecule has 0 radical (unpaired) electrons. The number of nitrogens with zero attached hydrogens (tertiary/aromatic N) is 2. The zero-order chi connectivity index (χ0) is 19.0. The minimum absolute atomic E-state index is 0.0960. The van der Waals surface area contributed by atoms with Crippen LogP contribution in [0, 0.1) is 11.6 Å². The summed E-state index contributed by atoms with van der Waals surface area (Å²) in [4.78, 5) is 18.5. The summed E-state index contributed by atoms with van der Waals surface area (Å²) in [6.45, 7) is 0.993. The minimum atomic E-state index is -0.476. The van der Waals surface area contributed by atoms with Gasteiger partial charge in [0.05, 0.1) is 15.3 Å². The number of amides is 1. The molecule has 0 N–H and O–H groups in total. The topological polar surface area (TPSA) is 42.4 Å². The number of likely N-dealkylation sites (tertiary alicyclic amines) is 1. The first-order valence-electron chi connectivity index (χ1n) is 8.47. The number of carbonyl (C=O) groups is 1. The van der Waals surface area contributed by atoms with Crippen LogP contribution < -0.4 is 4.74 Å². The molecule has 0 atom stereocenters. The number of ether oxygens (including phenoxy) is 1. The van der Waals surface area contributed by atoms with Gasteiger partial charge in [-0.3, -0.25) is 4.79 Å². The second-order valence-corrected chi connectivity index (χ2v) is 7.70. The van der Waals surface area contributed by atoms with Gasteiger partial charge in [0.15, 0.2) is 0 Å². The number of para-hydroxylation sites is 1. The lowest BCUT2D eigenvalue weighted by Gasteiger charge is -2.31. The first-order valence-corrected chi connectivity index (χ1v) is 9.67. The van der Waals surface area contributed by atoms with Gasteiger partial charge >= 0.3 is 0 Å². The van der Waals surface area contributed by atoms with Gasteiger partial charge in [0, 0.05) is 25.9 Å². The van der Waals surface area contributed by atoms with Crippen molar-refractivity contribution in [2.24, 2.45) is 0 Å². The number of hydrogen-bond acceptors (Lipinski definition) is 4. The molecule has 0 saturated carbocycles. The smallest absolute Gasteiger partial charge is 0.274 e. The number of fused-ring (bicyclic) bond motifs is 1. The Balaban J connectivity index is 1.39. The summed E-state index contributed by atoms with van der Waals surface area (Å²) >= 11 is 7.29. The van der Waals surface area contributed by atoms with Crippen molar-refractivity contribution < 1.29 is 18.3 Å². The SMILES string of the molecule is O=C(c1ccc(F)cc1Cl)N1CCC(Oc2nc3c(F)cccc3s2)CC1. The van der Waals surface area contributed by atoms with Crippen LogP contribution in [0.1, 0.15) is 23.2 Å². The molecule has 0 unspecified atom stereocenters. The molecule has 140 valence electrons. The van der Waals surface area contributed by atoms with E-state index in [0.29, 0.717) is 42.2 Å². The minimum Gasteiger partial charge on any atom is -0.467 e. The van der Waals surface area contributed by atoms with E-state index in [1.807, 2.05) is 0 Å². The summed E-state index contributed by atoms with van der Waals surface area (Å²) in [5.41, 5.74) is 0.607. The monoisotopic (exact) mass is 408 g/mol. The third-order valence-electron chi connectivity index (χ3n) is 4.51. The highest BCUT2D eigenvalue weighted by Crippen LogP contribution is 2.31. The van der Waals surface area contributed by atoms with Crippen molar-refractivity contribution in [3.63, 3.8) is 0 Å². The normalized spacial score (nSPS) is 15.3. The van der Waals surface area contributed by atoms with E-state index in [1.165, 1.54) is 29.5 Å². The van der Waals surface area contributed by atoms with Gasteiger partial charge in [0.2, 0.25) is 0 Å². The van der Waals surface area contributed by atoms with Crippen LogP contribution in [0.2, 0.25) is 5.02 Å². The van der Waals surface area contributed by atoms with E-state index >= 15 is 0 Å². The van der Waals surface area contributed by atoms with Gasteiger partial charge in [0.25, 0.3) is 11.1 Å². The van der Waals surface area contributed by atoms with Crippen molar-refractivity contribution in [1.82, 2.24) is 9.88 Å². The Hall–Kier alpha value is -2.25. The van der Waals surface area contributed by atoms with Crippen LogP contribution in [0.15, 0.2) is 36.4 Å². The molecule has 27 heavy (non-hydrogen) atoms. The molecule has 3 aromatic rings. The Bertz CT molecular complexity index is 1000. The summed E-state index contributed by atoms with van der Waals surface area (Å²) in [5.74, 6) is -1.06. The molecule has 1 aliphatic heterocycles. The molecule has 1 aliphatic rings. The van der Waals surface area contributed by atoms with Gasteiger partial charge in [-0.25, -0.2) is 8.78 Å². The molecule has 1 saturated heterocycles. The molecule has 1 amide bonds. The van der Waals surface area contributed by atoms with Gasteiger partial charge in [0.1, 0.15) is 23.3 Å². The predicted octanol–water partition coefficient (Wildman–Crippen LogP) is 4.91. The van der Waals surface area contributed by atoms with Crippen molar-refractivity contribution >= 4 is 39.1 Å². The average Bonchev–Trinajstić information content (AvgIpc) is 3.06. The van der Waals surface area contributed by atoms with E-state index in [4.69, 9.17) is 16.3 Å². The maximum absolute atomic E-state index is 13.7. The van der Waals surface area contributed by atoms with Crippen LogP contribution in [0.4, 0.5) is 8.78 Å². The molecule has 4 rings (SSSR count). The van der Waals surface area contributed by atoms with Gasteiger partial charge in [-0.05, 0) is 30.3 Å². The first-order chi connectivity index (χ1) is 13.0. The van der Waals surface area contributed by atoms with Gasteiger partial charge < -0.3 is 9.64 Å². The summed E-state index contributed by atoms with van der Waals surface area (Å²) in [6.07, 6.45) is 1.16. The van der Waals surface area contributed by atoms with E-state index in [-0.39, 0.29) is 22.9 Å². The van der Waals surface area contributed by atoms with Crippen molar-refractivity contribution in [2.45, 2.75) is 18.9 Å². The van der Waals surface area contributed by atoms with Crippen LogP contribution in [0.25, 0.3) is 10.2 Å². The van der Waals surface area contributed by atoms with Crippen LogP contribution in [0.3, 0.4) is 0 Å². The molecule has 2 aromatic carbocycles. The molecule has 0 spiro atoms. The summed E-state index contributed by atoms with van der Waals surface area (Å²) in [6, 6.07) is 8.58. The molecular weight excluding hydrogens is 394 g/mol. The van der Waals surface area contributed by atoms with Crippen molar-refractivity contribution in [3.8, 4) is 5.19 Å². The second-order valence-electron chi connectivity index (χ2n) is 6.30. The van der Waals surface area contributed by atoms with Crippen LogP contribution in [-0.4, -0.2) is 35.0 Å². The van der Waals surface area contributed by atoms with Crippen LogP contribution in [0.5, 0.6) is 5.19 Å². The molecule has 1 fully saturated rings. The van der Waals surface area contributed by atoms with E-state index in [2.05, 4.69) is 4.98 Å². The highest BCUT2D eigenvalue weighted by molar-refractivity contribution is 7.20. The van der Waals surface area contributed by atoms with Crippen molar-refractivity contribution in [3.05, 3.63) is 58.6 Å². The average molecular weight is 409 g/mol. The zero-order valence-electron chi connectivity index (χ0n) is 14.1. The fraction of sp³-hybridized carbons (Fsp3) is 0.263. The number of halogens is 3. The third kappa shape index (κ3) is 3.75. The number of hydrogen-bond donors (Lipinski definition) is 0. The Morgan fingerprint density at radius 3 is 2.70 bits per heavy atom. The maximum atomic E-state index is 13.7. The number of piperidine rings is 1. The van der Waals surface area contributed by atoms with Crippen molar-refractivity contribution in [2.75, 3.05) is 13.1 Å². The highest BCUT2D eigenvalue weighted by Gasteiger charge is 2.26. The molecular formula is C19H15ClF2N2O2S. The Morgan fingerprint density at radius 1 is 1.22 bits per heavy atom. The lowest BCUT2D eigenvalue weighted by molar-refractivity contribution is 0.0595. The lowest BCUT2D eigenvalue weighted by Crippen LogP contribution is -2.41. The molecule has 8 heteroatoms. The molecule has 0 bridgehead atoms. The van der Waals surface area contributed by atoms with E-state index < -0.39 is 5.82 Å². The quantitative estimate of drug-likeness (QED) is 0.618. The van der Waals surface area contributed by atoms with E-state index in [0.717, 1.165) is 10.8 Å². The van der Waals surface area contributed by atoms with Crippen LogP contribution in [-0.2, 0) is 0 Å². The number of thiazole rings is 1. The van der Waals surface area contributed by atoms with E-state index in [9.17, 15) is 13.6 Å². The summed E-state index contributed by atoms with van der Waals surface area (Å²) < 4.78 is 33.5. The highest BCUT2D eigenvalue weighted by atomic mass is 35.5.